The summed E-state index contributed by atoms with van der Waals surface area (Å²) >= 11 is 0. The highest BCUT2D eigenvalue weighted by molar-refractivity contribution is 8.69. The summed E-state index contributed by atoms with van der Waals surface area (Å²) in [6, 6.07) is 0. The summed E-state index contributed by atoms with van der Waals surface area (Å²) in [5.41, 5.74) is 0. The number of halogens is 13. The van der Waals surface area contributed by atoms with Gasteiger partial charge in [-0.25, -0.2) is 4.79 Å². The van der Waals surface area contributed by atoms with Crippen LogP contribution in [0, 0.1) is 5.92 Å². The molecule has 1 unspecified atom stereocenters. The molecule has 0 aromatic rings. The first-order valence-electron chi connectivity index (χ1n) is 8.29. The number of alkyl halides is 13. The molecule has 0 fully saturated rings. The molecule has 0 radical (unpaired) electrons. The third-order valence-corrected chi connectivity index (χ3v) is 6.03. The fraction of sp³-hybridized carbons (Fsp3) is 0.923. The van der Waals surface area contributed by atoms with E-state index in [2.05, 4.69) is 4.74 Å². The van der Waals surface area contributed by atoms with Crippen molar-refractivity contribution < 1.29 is 79.6 Å². The minimum atomic E-state index is -8.10. The molecule has 21 heteroatoms. The Balaban J connectivity index is 6.36. The number of alkyl carbamates (subject to hydrolysis) is 1. The van der Waals surface area contributed by atoms with Crippen LogP contribution in [0.5, 0.6) is 0 Å². The van der Waals surface area contributed by atoms with Crippen molar-refractivity contribution in [2.24, 2.45) is 5.92 Å². The molecule has 0 aliphatic rings. The second-order valence-corrected chi connectivity index (χ2v) is 9.73. The van der Waals surface area contributed by atoms with E-state index in [0.717, 1.165) is 6.92 Å². The molecule has 204 valence electrons. The Kier molecular flexibility index (Phi) is 9.89. The maximum atomic E-state index is 14.3. The van der Waals surface area contributed by atoms with E-state index in [1.165, 1.54) is 5.32 Å². The average molecular weight is 575 g/mol. The number of ether oxygens (including phenoxy) is 1. The van der Waals surface area contributed by atoms with Gasteiger partial charge in [0.2, 0.25) is 0 Å². The molecule has 1 atom stereocenters. The van der Waals surface area contributed by atoms with Crippen molar-refractivity contribution in [3.8, 4) is 0 Å². The van der Waals surface area contributed by atoms with Crippen LogP contribution in [0.3, 0.4) is 0 Å². The predicted octanol–water partition coefficient (Wildman–Crippen LogP) is 5.01. The average Bonchev–Trinajstić information content (AvgIpc) is 2.61. The molecular weight excluding hydrogens is 561 g/mol. The van der Waals surface area contributed by atoms with Crippen LogP contribution in [0.2, 0.25) is 0 Å². The predicted molar refractivity (Wildman–Crippen MR) is 87.9 cm³/mol. The van der Waals surface area contributed by atoms with Crippen LogP contribution >= 0.6 is 10.8 Å². The lowest BCUT2D eigenvalue weighted by atomic mass is 9.86. The minimum absolute atomic E-state index is 0.460. The largest absolute Gasteiger partial charge is 0.460 e. The molecule has 0 bridgehead atoms. The molecule has 0 spiro atoms. The van der Waals surface area contributed by atoms with Gasteiger partial charge in [0.05, 0.1) is 6.61 Å². The fourth-order valence-corrected chi connectivity index (χ4v) is 3.65. The number of rotatable bonds is 12. The molecule has 0 aliphatic heterocycles. The van der Waals surface area contributed by atoms with Gasteiger partial charge in [0.15, 0.2) is 0 Å². The number of carbonyl (C=O) groups is 1. The number of hydrogen-bond acceptors (Lipinski definition) is 5. The second-order valence-electron chi connectivity index (χ2n) is 6.25. The highest BCUT2D eigenvalue weighted by Crippen LogP contribution is 2.61. The molecule has 0 saturated carbocycles. The molecule has 2 N–H and O–H groups in total. The zero-order chi connectivity index (χ0) is 27.6. The highest BCUT2D eigenvalue weighted by Gasteiger charge is 2.91. The second kappa shape index (κ2) is 10.3. The molecule has 0 heterocycles. The lowest BCUT2D eigenvalue weighted by molar-refractivity contribution is -0.443. The smallest absolute Gasteiger partial charge is 0.450 e. The van der Waals surface area contributed by atoms with E-state index < -0.39 is 93.1 Å². The summed E-state index contributed by atoms with van der Waals surface area (Å²) in [4.78, 5) is 11.2. The normalized spacial score (nSPS) is 15.7. The molecule has 34 heavy (non-hydrogen) atoms. The first kappa shape index (κ1) is 32.6. The van der Waals surface area contributed by atoms with Gasteiger partial charge in [-0.1, -0.05) is 0 Å². The first-order chi connectivity index (χ1) is 14.8. The topological polar surface area (TPSA) is 92.7 Å². The zero-order valence-corrected chi connectivity index (χ0v) is 17.8. The van der Waals surface area contributed by atoms with Gasteiger partial charge < -0.3 is 10.1 Å². The number of hydrogen-bond donors (Lipinski definition) is 2. The van der Waals surface area contributed by atoms with E-state index in [1.807, 2.05) is 0 Å². The van der Waals surface area contributed by atoms with Crippen LogP contribution in [0.15, 0.2) is 0 Å². The van der Waals surface area contributed by atoms with E-state index in [-0.39, 0.29) is 0 Å². The van der Waals surface area contributed by atoms with Crippen LogP contribution in [0.1, 0.15) is 13.3 Å². The quantitative estimate of drug-likeness (QED) is 0.193. The van der Waals surface area contributed by atoms with Gasteiger partial charge in [-0.05, 0) is 24.1 Å². The maximum absolute atomic E-state index is 14.3. The number of nitrogens with one attached hydrogen (secondary N) is 1. The van der Waals surface area contributed by atoms with E-state index in [4.69, 9.17) is 4.55 Å². The molecule has 0 aromatic heterocycles. The van der Waals surface area contributed by atoms with Crippen LogP contribution in [-0.2, 0) is 13.9 Å². The molecule has 0 aromatic carbocycles. The van der Waals surface area contributed by atoms with Crippen molar-refractivity contribution in [2.45, 2.75) is 49.1 Å². The van der Waals surface area contributed by atoms with Gasteiger partial charge in [0, 0.05) is 18.2 Å². The summed E-state index contributed by atoms with van der Waals surface area (Å²) in [6.07, 6.45) is -10.9. The lowest BCUT2D eigenvalue weighted by Gasteiger charge is -2.41. The van der Waals surface area contributed by atoms with Crippen LogP contribution in [0.4, 0.5) is 61.9 Å². The van der Waals surface area contributed by atoms with Gasteiger partial charge in [-0.15, -0.1) is 0 Å². The number of amides is 1. The van der Waals surface area contributed by atoms with Gasteiger partial charge in [-0.2, -0.15) is 65.5 Å². The minimum Gasteiger partial charge on any atom is -0.450 e. The molecule has 0 rings (SSSR count). The van der Waals surface area contributed by atoms with Crippen LogP contribution in [0.25, 0.3) is 0 Å². The molecule has 0 aliphatic carbocycles. The highest BCUT2D eigenvalue weighted by atomic mass is 33.1. The molecular formula is C13H14F13NO5S2. The lowest BCUT2D eigenvalue weighted by Crippen LogP contribution is -2.71. The summed E-state index contributed by atoms with van der Waals surface area (Å²) in [5, 5.41) is 1.30. The van der Waals surface area contributed by atoms with Crippen molar-refractivity contribution in [3.05, 3.63) is 0 Å². The Hall–Kier alpha value is -1.38. The standard InChI is InChI=1S/C13H14F13NO5S2/c1-2-32-7(28)27-5-6(3-4-33-34(29,30)31)8(14,15)9(16,17)10(18,19)11(20,21)12(22,23)13(24,25)26/h6H,2-5H2,1H3,(H,27,28)(H,29,30,31). The van der Waals surface area contributed by atoms with Gasteiger partial charge in [0.1, 0.15) is 0 Å². The maximum Gasteiger partial charge on any atom is 0.460 e. The first-order valence-corrected chi connectivity index (χ1v) is 11.2. The monoisotopic (exact) mass is 575 g/mol. The molecule has 6 nitrogen and oxygen atoms in total. The SMILES string of the molecule is CCOC(=O)NCC(CCSS(=O)(=O)O)C(F)(F)C(F)(F)C(F)(F)C(F)(F)C(F)(F)C(F)(F)F. The van der Waals surface area contributed by atoms with Gasteiger partial charge in [0.25, 0.3) is 0 Å². The summed E-state index contributed by atoms with van der Waals surface area (Å²) in [6.45, 7) is -1.17. The third kappa shape index (κ3) is 6.43. The van der Waals surface area contributed by atoms with E-state index in [0.29, 0.717) is 0 Å². The van der Waals surface area contributed by atoms with Gasteiger partial charge >= 0.3 is 51.0 Å². The third-order valence-electron chi connectivity index (χ3n) is 3.94. The Morgan fingerprint density at radius 2 is 1.32 bits per heavy atom. The fourth-order valence-electron chi connectivity index (χ4n) is 2.13. The molecule has 0 saturated heterocycles. The van der Waals surface area contributed by atoms with E-state index in [1.54, 1.807) is 0 Å². The van der Waals surface area contributed by atoms with Crippen LogP contribution < -0.4 is 5.32 Å². The Bertz CT molecular complexity index is 816. The van der Waals surface area contributed by atoms with Crippen molar-refractivity contribution >= 4 is 26.0 Å². The summed E-state index contributed by atoms with van der Waals surface area (Å²) in [7, 11) is -5.69. The van der Waals surface area contributed by atoms with Crippen molar-refractivity contribution in [2.75, 3.05) is 18.9 Å². The van der Waals surface area contributed by atoms with Gasteiger partial charge in [-0.3, -0.25) is 4.55 Å². The summed E-state index contributed by atoms with van der Waals surface area (Å²) < 4.78 is 207. The van der Waals surface area contributed by atoms with Crippen molar-refractivity contribution in [1.29, 1.82) is 0 Å². The van der Waals surface area contributed by atoms with E-state index >= 15 is 0 Å². The van der Waals surface area contributed by atoms with Crippen molar-refractivity contribution in [1.82, 2.24) is 5.32 Å². The van der Waals surface area contributed by atoms with Crippen LogP contribution in [-0.4, -0.2) is 73.8 Å². The number of carbonyl (C=O) groups excluding carboxylic acids is 1. The van der Waals surface area contributed by atoms with E-state index in [9.17, 15) is 70.3 Å². The zero-order valence-electron chi connectivity index (χ0n) is 16.2. The van der Waals surface area contributed by atoms with Crippen molar-refractivity contribution in [3.63, 3.8) is 0 Å². The summed E-state index contributed by atoms with van der Waals surface area (Å²) in [5.74, 6) is -43.0. The Morgan fingerprint density at radius 3 is 1.71 bits per heavy atom. The Morgan fingerprint density at radius 1 is 0.882 bits per heavy atom. The molecule has 1 amide bonds. The Labute approximate surface area is 185 Å².